The van der Waals surface area contributed by atoms with E-state index < -0.39 is 0 Å². The maximum absolute atomic E-state index is 4.25. The summed E-state index contributed by atoms with van der Waals surface area (Å²) in [6.07, 6.45) is 3.19. The van der Waals surface area contributed by atoms with Crippen LogP contribution in [0.2, 0.25) is 0 Å². The van der Waals surface area contributed by atoms with E-state index >= 15 is 0 Å². The molecule has 9 heavy (non-hydrogen) atoms. The Balaban J connectivity index is 2.50. The molecule has 0 aromatic rings. The van der Waals surface area contributed by atoms with Gasteiger partial charge in [0.25, 0.3) is 0 Å². The van der Waals surface area contributed by atoms with E-state index in [9.17, 15) is 0 Å². The van der Waals surface area contributed by atoms with Crippen molar-refractivity contribution in [1.82, 2.24) is 0 Å². The molecule has 2 heteroatoms. The van der Waals surface area contributed by atoms with Crippen LogP contribution in [0.25, 0.3) is 0 Å². The molecular formula is C7H15N2+. The highest BCUT2D eigenvalue weighted by Gasteiger charge is 2.18. The Morgan fingerprint density at radius 2 is 2.44 bits per heavy atom. The molecular weight excluding hydrogens is 112 g/mol. The molecule has 1 atom stereocenters. The summed E-state index contributed by atoms with van der Waals surface area (Å²) in [5.41, 5.74) is 0. The number of nitrogens with zero attached hydrogens (tertiary/aromatic N) is 2. The van der Waals surface area contributed by atoms with Crippen molar-refractivity contribution in [3.05, 3.63) is 0 Å². The Labute approximate surface area is 56.8 Å². The zero-order valence-corrected chi connectivity index (χ0v) is 6.30. The number of hydrogen-bond acceptors (Lipinski definition) is 1. The van der Waals surface area contributed by atoms with Crippen LogP contribution < -0.4 is 0 Å². The minimum atomic E-state index is 0.983. The SMILES string of the molecule is CC[N+]1(C)CCC=NC1. The third-order valence-electron chi connectivity index (χ3n) is 2.11. The lowest BCUT2D eigenvalue weighted by atomic mass is 10.3. The van der Waals surface area contributed by atoms with Gasteiger partial charge in [0, 0.05) is 12.6 Å². The first kappa shape index (κ1) is 6.75. The predicted molar refractivity (Wildman–Crippen MR) is 39.6 cm³/mol. The van der Waals surface area contributed by atoms with E-state index in [4.69, 9.17) is 0 Å². The summed E-state index contributed by atoms with van der Waals surface area (Å²) in [6, 6.07) is 0. The van der Waals surface area contributed by atoms with Gasteiger partial charge in [-0.2, -0.15) is 0 Å². The van der Waals surface area contributed by atoms with Crippen molar-refractivity contribution in [2.45, 2.75) is 13.3 Å². The van der Waals surface area contributed by atoms with Crippen LogP contribution in [0, 0.1) is 0 Å². The highest BCUT2D eigenvalue weighted by Crippen LogP contribution is 2.06. The van der Waals surface area contributed by atoms with Gasteiger partial charge in [-0.3, -0.25) is 0 Å². The monoisotopic (exact) mass is 127 g/mol. The van der Waals surface area contributed by atoms with Gasteiger partial charge in [0.05, 0.1) is 20.1 Å². The van der Waals surface area contributed by atoms with Crippen LogP contribution in [0.3, 0.4) is 0 Å². The number of hydrogen-bond donors (Lipinski definition) is 0. The fourth-order valence-electron chi connectivity index (χ4n) is 1.04. The molecule has 0 fully saturated rings. The molecule has 0 amide bonds. The van der Waals surface area contributed by atoms with Gasteiger partial charge in [-0.15, -0.1) is 0 Å². The molecule has 2 nitrogen and oxygen atoms in total. The zero-order chi connectivity index (χ0) is 6.74. The standard InChI is InChI=1S/C7H15N2/c1-3-9(2)6-4-5-8-7-9/h5H,3-4,6-7H2,1-2H3/q+1. The first-order valence-electron chi connectivity index (χ1n) is 3.59. The summed E-state index contributed by atoms with van der Waals surface area (Å²) in [6.45, 7) is 5.68. The third-order valence-corrected chi connectivity index (χ3v) is 2.11. The van der Waals surface area contributed by atoms with Crippen LogP contribution in [0.15, 0.2) is 4.99 Å². The highest BCUT2D eigenvalue weighted by molar-refractivity contribution is 5.57. The maximum atomic E-state index is 4.25. The first-order valence-corrected chi connectivity index (χ1v) is 3.59. The normalized spacial score (nSPS) is 34.9. The molecule has 0 saturated carbocycles. The van der Waals surface area contributed by atoms with Crippen molar-refractivity contribution in [2.75, 3.05) is 26.8 Å². The van der Waals surface area contributed by atoms with E-state index in [0.717, 1.165) is 17.6 Å². The van der Waals surface area contributed by atoms with E-state index in [0.29, 0.717) is 0 Å². The number of rotatable bonds is 1. The average molecular weight is 127 g/mol. The Bertz CT molecular complexity index is 120. The lowest BCUT2D eigenvalue weighted by Gasteiger charge is -2.33. The van der Waals surface area contributed by atoms with Gasteiger partial charge in [-0.1, -0.05) is 0 Å². The number of quaternary nitrogens is 1. The minimum absolute atomic E-state index is 0.983. The highest BCUT2D eigenvalue weighted by atomic mass is 15.4. The molecule has 1 rings (SSSR count). The molecule has 1 aliphatic rings. The fourth-order valence-corrected chi connectivity index (χ4v) is 1.04. The van der Waals surface area contributed by atoms with E-state index in [1.54, 1.807) is 0 Å². The number of aliphatic imine (C=N–C) groups is 1. The quantitative estimate of drug-likeness (QED) is 0.464. The molecule has 0 saturated heterocycles. The summed E-state index contributed by atoms with van der Waals surface area (Å²) < 4.78 is 1.12. The first-order chi connectivity index (χ1) is 4.27. The smallest absolute Gasteiger partial charge is 0.172 e. The van der Waals surface area contributed by atoms with E-state index in [1.807, 2.05) is 6.21 Å². The molecule has 1 aliphatic heterocycles. The Hall–Kier alpha value is -0.370. The molecule has 52 valence electrons. The zero-order valence-electron chi connectivity index (χ0n) is 6.30. The predicted octanol–water partition coefficient (Wildman–Crippen LogP) is 0.885. The molecule has 0 bridgehead atoms. The van der Waals surface area contributed by atoms with E-state index in [1.165, 1.54) is 13.1 Å². The average Bonchev–Trinajstić information content (AvgIpc) is 1.90. The van der Waals surface area contributed by atoms with Crippen LogP contribution in [-0.2, 0) is 0 Å². The summed E-state index contributed by atoms with van der Waals surface area (Å²) in [7, 11) is 2.26. The second kappa shape index (κ2) is 2.48. The van der Waals surface area contributed by atoms with Gasteiger partial charge in [-0.25, -0.2) is 4.99 Å². The summed E-state index contributed by atoms with van der Waals surface area (Å²) in [4.78, 5) is 4.25. The molecule has 0 aromatic carbocycles. The van der Waals surface area contributed by atoms with Crippen LogP contribution in [0.4, 0.5) is 0 Å². The topological polar surface area (TPSA) is 12.4 Å². The Morgan fingerprint density at radius 1 is 1.67 bits per heavy atom. The molecule has 0 N–H and O–H groups in total. The second-order valence-corrected chi connectivity index (χ2v) is 2.95. The van der Waals surface area contributed by atoms with Crippen molar-refractivity contribution in [2.24, 2.45) is 4.99 Å². The van der Waals surface area contributed by atoms with Gasteiger partial charge in [0.2, 0.25) is 0 Å². The van der Waals surface area contributed by atoms with Gasteiger partial charge < -0.3 is 4.48 Å². The largest absolute Gasteiger partial charge is 0.307 e. The minimum Gasteiger partial charge on any atom is -0.307 e. The van der Waals surface area contributed by atoms with Crippen LogP contribution in [0.5, 0.6) is 0 Å². The molecule has 1 heterocycles. The molecule has 1 unspecified atom stereocenters. The van der Waals surface area contributed by atoms with Crippen LogP contribution >= 0.6 is 0 Å². The maximum Gasteiger partial charge on any atom is 0.172 e. The van der Waals surface area contributed by atoms with E-state index in [2.05, 4.69) is 19.0 Å². The van der Waals surface area contributed by atoms with E-state index in [-0.39, 0.29) is 0 Å². The van der Waals surface area contributed by atoms with Crippen molar-refractivity contribution < 1.29 is 4.48 Å². The second-order valence-electron chi connectivity index (χ2n) is 2.95. The van der Waals surface area contributed by atoms with Gasteiger partial charge in [-0.05, 0) is 6.92 Å². The fraction of sp³-hybridized carbons (Fsp3) is 0.857. The van der Waals surface area contributed by atoms with Crippen LogP contribution in [-0.4, -0.2) is 37.5 Å². The summed E-state index contributed by atoms with van der Waals surface area (Å²) in [5, 5.41) is 0. The van der Waals surface area contributed by atoms with Crippen molar-refractivity contribution >= 4 is 6.21 Å². The van der Waals surface area contributed by atoms with Crippen molar-refractivity contribution in [3.8, 4) is 0 Å². The van der Waals surface area contributed by atoms with Crippen molar-refractivity contribution in [3.63, 3.8) is 0 Å². The lowest BCUT2D eigenvalue weighted by Crippen LogP contribution is -2.46. The summed E-state index contributed by atoms with van der Waals surface area (Å²) >= 11 is 0. The summed E-state index contributed by atoms with van der Waals surface area (Å²) in [5.74, 6) is 0. The van der Waals surface area contributed by atoms with Gasteiger partial charge >= 0.3 is 0 Å². The lowest BCUT2D eigenvalue weighted by molar-refractivity contribution is -0.907. The van der Waals surface area contributed by atoms with Gasteiger partial charge in [0.1, 0.15) is 0 Å². The molecule has 0 aliphatic carbocycles. The Kier molecular flexibility index (Phi) is 1.86. The van der Waals surface area contributed by atoms with Crippen molar-refractivity contribution in [1.29, 1.82) is 0 Å². The van der Waals surface area contributed by atoms with Crippen LogP contribution in [0.1, 0.15) is 13.3 Å². The molecule has 0 aromatic heterocycles. The van der Waals surface area contributed by atoms with Gasteiger partial charge in [0.15, 0.2) is 6.67 Å². The third kappa shape index (κ3) is 1.52. The Morgan fingerprint density at radius 3 is 2.78 bits per heavy atom. The molecule has 0 spiro atoms. The molecule has 0 radical (unpaired) electrons.